The third-order valence-corrected chi connectivity index (χ3v) is 2.33. The van der Waals surface area contributed by atoms with Crippen molar-refractivity contribution in [3.05, 3.63) is 59.9 Å². The highest BCUT2D eigenvalue weighted by Gasteiger charge is 2.06. The van der Waals surface area contributed by atoms with Crippen LogP contribution in [0.1, 0.15) is 17.3 Å². The lowest BCUT2D eigenvalue weighted by Gasteiger charge is -2.10. The third kappa shape index (κ3) is 2.03. The molecule has 3 N–H and O–H groups in total. The van der Waals surface area contributed by atoms with Crippen molar-refractivity contribution in [3.63, 3.8) is 0 Å². The number of H-pyrrole nitrogens is 1. The SMILES string of the molecule is NC(Cc1ccc[nH]1)c1ccccc1. The minimum atomic E-state index is 0.0786. The summed E-state index contributed by atoms with van der Waals surface area (Å²) in [6.07, 6.45) is 2.78. The van der Waals surface area contributed by atoms with E-state index in [2.05, 4.69) is 23.2 Å². The third-order valence-electron chi connectivity index (χ3n) is 2.33. The summed E-state index contributed by atoms with van der Waals surface area (Å²) in [6, 6.07) is 14.3. The minimum Gasteiger partial charge on any atom is -0.365 e. The van der Waals surface area contributed by atoms with Crippen LogP contribution in [0.4, 0.5) is 0 Å². The van der Waals surface area contributed by atoms with E-state index in [1.54, 1.807) is 0 Å². The van der Waals surface area contributed by atoms with Gasteiger partial charge in [-0.25, -0.2) is 0 Å². The van der Waals surface area contributed by atoms with E-state index in [1.807, 2.05) is 30.5 Å². The van der Waals surface area contributed by atoms with Crippen LogP contribution in [0.5, 0.6) is 0 Å². The number of aromatic nitrogens is 1. The Balaban J connectivity index is 2.07. The smallest absolute Gasteiger partial charge is 0.0350 e. The first kappa shape index (κ1) is 9.03. The van der Waals surface area contributed by atoms with E-state index < -0.39 is 0 Å². The standard InChI is InChI=1S/C12H14N2/c13-12(9-11-7-4-8-14-11)10-5-2-1-3-6-10/h1-8,12,14H,9,13H2. The largest absolute Gasteiger partial charge is 0.365 e. The minimum absolute atomic E-state index is 0.0786. The Bertz CT molecular complexity index is 364. The molecule has 1 aromatic carbocycles. The average molecular weight is 186 g/mol. The highest BCUT2D eigenvalue weighted by atomic mass is 14.7. The molecule has 1 atom stereocenters. The molecule has 0 bridgehead atoms. The maximum absolute atomic E-state index is 6.07. The number of hydrogen-bond acceptors (Lipinski definition) is 1. The predicted molar refractivity (Wildman–Crippen MR) is 57.9 cm³/mol. The fourth-order valence-electron chi connectivity index (χ4n) is 1.55. The van der Waals surface area contributed by atoms with Crippen LogP contribution >= 0.6 is 0 Å². The van der Waals surface area contributed by atoms with Crippen LogP contribution in [0.25, 0.3) is 0 Å². The molecule has 14 heavy (non-hydrogen) atoms. The first-order chi connectivity index (χ1) is 6.86. The predicted octanol–water partition coefficient (Wildman–Crippen LogP) is 2.26. The molecule has 1 unspecified atom stereocenters. The van der Waals surface area contributed by atoms with Crippen LogP contribution in [0.2, 0.25) is 0 Å². The van der Waals surface area contributed by atoms with Crippen molar-refractivity contribution in [2.24, 2.45) is 5.73 Å². The maximum atomic E-state index is 6.07. The Hall–Kier alpha value is -1.54. The fraction of sp³-hybridized carbons (Fsp3) is 0.167. The second-order valence-corrected chi connectivity index (χ2v) is 3.42. The van der Waals surface area contributed by atoms with Gasteiger partial charge in [0.05, 0.1) is 0 Å². The van der Waals surface area contributed by atoms with Gasteiger partial charge in [-0.1, -0.05) is 30.3 Å². The first-order valence-corrected chi connectivity index (χ1v) is 4.79. The number of rotatable bonds is 3. The van der Waals surface area contributed by atoms with Crippen LogP contribution in [0.15, 0.2) is 48.7 Å². The zero-order chi connectivity index (χ0) is 9.80. The normalized spacial score (nSPS) is 12.6. The van der Waals surface area contributed by atoms with Gasteiger partial charge in [-0.3, -0.25) is 0 Å². The van der Waals surface area contributed by atoms with Crippen molar-refractivity contribution in [1.82, 2.24) is 4.98 Å². The summed E-state index contributed by atoms with van der Waals surface area (Å²) in [4.78, 5) is 3.16. The molecular formula is C12H14N2. The summed E-state index contributed by atoms with van der Waals surface area (Å²) >= 11 is 0. The van der Waals surface area contributed by atoms with Crippen molar-refractivity contribution >= 4 is 0 Å². The van der Waals surface area contributed by atoms with Gasteiger partial charge in [0.1, 0.15) is 0 Å². The van der Waals surface area contributed by atoms with Gasteiger partial charge < -0.3 is 10.7 Å². The van der Waals surface area contributed by atoms with E-state index in [9.17, 15) is 0 Å². The fourth-order valence-corrected chi connectivity index (χ4v) is 1.55. The van der Waals surface area contributed by atoms with Crippen molar-refractivity contribution < 1.29 is 0 Å². The molecule has 0 amide bonds. The van der Waals surface area contributed by atoms with E-state index in [1.165, 1.54) is 11.3 Å². The summed E-state index contributed by atoms with van der Waals surface area (Å²) in [6.45, 7) is 0. The van der Waals surface area contributed by atoms with Crippen LogP contribution in [-0.4, -0.2) is 4.98 Å². The second kappa shape index (κ2) is 4.11. The molecule has 0 radical (unpaired) electrons. The Morgan fingerprint density at radius 3 is 2.50 bits per heavy atom. The van der Waals surface area contributed by atoms with E-state index in [-0.39, 0.29) is 6.04 Å². The molecule has 2 aromatic rings. The van der Waals surface area contributed by atoms with Gasteiger partial charge in [0.25, 0.3) is 0 Å². The van der Waals surface area contributed by atoms with Gasteiger partial charge in [-0.15, -0.1) is 0 Å². The molecule has 1 heterocycles. The molecule has 0 saturated carbocycles. The van der Waals surface area contributed by atoms with Gasteiger partial charge in [0.15, 0.2) is 0 Å². The highest BCUT2D eigenvalue weighted by Crippen LogP contribution is 2.14. The van der Waals surface area contributed by atoms with Gasteiger partial charge in [-0.05, 0) is 17.7 Å². The number of benzene rings is 1. The molecule has 0 fully saturated rings. The lowest BCUT2D eigenvalue weighted by Crippen LogP contribution is -2.13. The number of nitrogens with one attached hydrogen (secondary N) is 1. The van der Waals surface area contributed by atoms with E-state index in [0.717, 1.165) is 6.42 Å². The molecule has 0 aliphatic rings. The summed E-state index contributed by atoms with van der Waals surface area (Å²) in [5, 5.41) is 0. The molecule has 72 valence electrons. The van der Waals surface area contributed by atoms with Crippen molar-refractivity contribution in [1.29, 1.82) is 0 Å². The number of hydrogen-bond donors (Lipinski definition) is 2. The van der Waals surface area contributed by atoms with Crippen LogP contribution in [0.3, 0.4) is 0 Å². The Morgan fingerprint density at radius 1 is 1.07 bits per heavy atom. The monoisotopic (exact) mass is 186 g/mol. The zero-order valence-corrected chi connectivity index (χ0v) is 7.98. The summed E-state index contributed by atoms with van der Waals surface area (Å²) in [5.41, 5.74) is 8.43. The summed E-state index contributed by atoms with van der Waals surface area (Å²) in [5.74, 6) is 0. The van der Waals surface area contributed by atoms with E-state index in [0.29, 0.717) is 0 Å². The molecule has 0 aliphatic carbocycles. The molecule has 0 aliphatic heterocycles. The lowest BCUT2D eigenvalue weighted by atomic mass is 10.0. The molecule has 2 nitrogen and oxygen atoms in total. The molecule has 0 spiro atoms. The van der Waals surface area contributed by atoms with Crippen LogP contribution in [0, 0.1) is 0 Å². The Kier molecular flexibility index (Phi) is 2.65. The molecule has 1 aromatic heterocycles. The molecule has 2 heteroatoms. The number of aromatic amines is 1. The quantitative estimate of drug-likeness (QED) is 0.758. The van der Waals surface area contributed by atoms with Gasteiger partial charge >= 0.3 is 0 Å². The summed E-state index contributed by atoms with van der Waals surface area (Å²) < 4.78 is 0. The lowest BCUT2D eigenvalue weighted by molar-refractivity contribution is 0.710. The van der Waals surface area contributed by atoms with Crippen LogP contribution < -0.4 is 5.73 Å². The van der Waals surface area contributed by atoms with Crippen molar-refractivity contribution in [3.8, 4) is 0 Å². The van der Waals surface area contributed by atoms with Gasteiger partial charge in [0.2, 0.25) is 0 Å². The Morgan fingerprint density at radius 2 is 1.86 bits per heavy atom. The molecular weight excluding hydrogens is 172 g/mol. The van der Waals surface area contributed by atoms with Gasteiger partial charge in [0, 0.05) is 24.4 Å². The second-order valence-electron chi connectivity index (χ2n) is 3.42. The summed E-state index contributed by atoms with van der Waals surface area (Å²) in [7, 11) is 0. The van der Waals surface area contributed by atoms with Crippen molar-refractivity contribution in [2.45, 2.75) is 12.5 Å². The topological polar surface area (TPSA) is 41.8 Å². The molecule has 0 saturated heterocycles. The van der Waals surface area contributed by atoms with Crippen molar-refractivity contribution in [2.75, 3.05) is 0 Å². The maximum Gasteiger partial charge on any atom is 0.0350 e. The van der Waals surface area contributed by atoms with E-state index >= 15 is 0 Å². The zero-order valence-electron chi connectivity index (χ0n) is 7.98. The average Bonchev–Trinajstić information content (AvgIpc) is 2.72. The van der Waals surface area contributed by atoms with E-state index in [4.69, 9.17) is 5.73 Å². The highest BCUT2D eigenvalue weighted by molar-refractivity contribution is 5.20. The number of nitrogens with two attached hydrogens (primary N) is 1. The molecule has 2 rings (SSSR count). The van der Waals surface area contributed by atoms with Gasteiger partial charge in [-0.2, -0.15) is 0 Å². The first-order valence-electron chi connectivity index (χ1n) is 4.79. The Labute approximate surface area is 83.8 Å². The van der Waals surface area contributed by atoms with Crippen LogP contribution in [-0.2, 0) is 6.42 Å².